The Labute approximate surface area is 86.5 Å². The predicted octanol–water partition coefficient (Wildman–Crippen LogP) is 1.98. The second-order valence-electron chi connectivity index (χ2n) is 1.40. The molecule has 0 saturated heterocycles. The molecule has 0 atom stereocenters. The number of rotatable bonds is 1. The van der Waals surface area contributed by atoms with Crippen LogP contribution in [-0.4, -0.2) is 29.6 Å². The molecular formula is C6H7NaS2. The number of hydrogen-bond donors (Lipinski definition) is 1. The monoisotopic (exact) mass is 166 g/mol. The van der Waals surface area contributed by atoms with Gasteiger partial charge in [0.2, 0.25) is 0 Å². The van der Waals surface area contributed by atoms with Crippen LogP contribution in [0.15, 0.2) is 35.2 Å². The first-order valence-electron chi connectivity index (χ1n) is 2.30. The Morgan fingerprint density at radius 1 is 1.11 bits per heavy atom. The summed E-state index contributed by atoms with van der Waals surface area (Å²) in [4.78, 5) is 1.19. The molecule has 1 aromatic rings. The van der Waals surface area contributed by atoms with Crippen LogP contribution >= 0.6 is 22.5 Å². The van der Waals surface area contributed by atoms with Gasteiger partial charge in [0, 0.05) is 4.90 Å². The summed E-state index contributed by atoms with van der Waals surface area (Å²) in [7, 11) is 1.46. The zero-order chi connectivity index (χ0) is 5.82. The van der Waals surface area contributed by atoms with Crippen molar-refractivity contribution in [3.63, 3.8) is 0 Å². The van der Waals surface area contributed by atoms with Crippen LogP contribution in [0.3, 0.4) is 0 Å². The van der Waals surface area contributed by atoms with Gasteiger partial charge in [-0.1, -0.05) is 29.0 Å². The van der Waals surface area contributed by atoms with Crippen molar-refractivity contribution in [1.82, 2.24) is 0 Å². The van der Waals surface area contributed by atoms with E-state index in [9.17, 15) is 0 Å². The summed E-state index contributed by atoms with van der Waals surface area (Å²) < 4.78 is 0. The van der Waals surface area contributed by atoms with Crippen LogP contribution in [-0.2, 0) is 0 Å². The van der Waals surface area contributed by atoms with Gasteiger partial charge in [0.05, 0.1) is 0 Å². The van der Waals surface area contributed by atoms with E-state index in [-0.39, 0.29) is 29.6 Å². The standard InChI is InChI=1S/C6H6S2.Na.H/c7-8-6-4-2-1-3-5-6;;/h1-5,7H;;. The molecule has 0 bridgehead atoms. The third kappa shape index (κ3) is 3.58. The van der Waals surface area contributed by atoms with Crippen LogP contribution in [0.4, 0.5) is 0 Å². The van der Waals surface area contributed by atoms with E-state index in [0.29, 0.717) is 0 Å². The van der Waals surface area contributed by atoms with E-state index in [1.54, 1.807) is 0 Å². The van der Waals surface area contributed by atoms with Crippen LogP contribution in [0.1, 0.15) is 0 Å². The van der Waals surface area contributed by atoms with Crippen molar-refractivity contribution in [3.8, 4) is 0 Å². The fourth-order valence-corrected chi connectivity index (χ4v) is 1.13. The Kier molecular flexibility index (Phi) is 6.27. The summed E-state index contributed by atoms with van der Waals surface area (Å²) >= 11 is 4.03. The van der Waals surface area contributed by atoms with Gasteiger partial charge in [0.15, 0.2) is 0 Å². The van der Waals surface area contributed by atoms with Crippen molar-refractivity contribution in [2.75, 3.05) is 0 Å². The number of benzene rings is 1. The van der Waals surface area contributed by atoms with E-state index in [0.717, 1.165) is 0 Å². The number of thiol groups is 1. The van der Waals surface area contributed by atoms with Gasteiger partial charge in [-0.15, -0.1) is 11.7 Å². The molecule has 44 valence electrons. The molecule has 0 fully saturated rings. The van der Waals surface area contributed by atoms with Gasteiger partial charge >= 0.3 is 29.6 Å². The van der Waals surface area contributed by atoms with E-state index >= 15 is 0 Å². The summed E-state index contributed by atoms with van der Waals surface area (Å²) in [6, 6.07) is 10.0. The summed E-state index contributed by atoms with van der Waals surface area (Å²) in [5.74, 6) is 0. The first-order chi connectivity index (χ1) is 3.93. The molecule has 0 aliphatic carbocycles. The second-order valence-corrected chi connectivity index (χ2v) is 2.61. The van der Waals surface area contributed by atoms with E-state index in [1.165, 1.54) is 15.7 Å². The fraction of sp³-hybridized carbons (Fsp3) is 0. The zero-order valence-electron chi connectivity index (χ0n) is 4.24. The second kappa shape index (κ2) is 5.69. The Hall–Kier alpha value is 0.920. The molecule has 0 saturated carbocycles. The van der Waals surface area contributed by atoms with Gasteiger partial charge in [-0.3, -0.25) is 0 Å². The third-order valence-electron chi connectivity index (χ3n) is 0.849. The molecule has 0 aliphatic heterocycles. The Balaban J connectivity index is 0.000000640. The molecule has 0 nitrogen and oxygen atoms in total. The summed E-state index contributed by atoms with van der Waals surface area (Å²) in [6.07, 6.45) is 0. The van der Waals surface area contributed by atoms with Crippen molar-refractivity contribution in [2.24, 2.45) is 0 Å². The molecule has 0 heterocycles. The van der Waals surface area contributed by atoms with Crippen molar-refractivity contribution >= 4 is 52.0 Å². The maximum absolute atomic E-state index is 4.03. The molecule has 0 amide bonds. The molecular weight excluding hydrogens is 159 g/mol. The minimum absolute atomic E-state index is 0. The molecule has 1 rings (SSSR count). The molecule has 0 unspecified atom stereocenters. The topological polar surface area (TPSA) is 0 Å². The van der Waals surface area contributed by atoms with Crippen LogP contribution in [0, 0.1) is 0 Å². The number of hydrogen-bond acceptors (Lipinski definition) is 2. The SMILES string of the molecule is SSc1ccccc1.[NaH]. The molecule has 0 spiro atoms. The van der Waals surface area contributed by atoms with Gasteiger partial charge in [-0.2, -0.15) is 0 Å². The fourth-order valence-electron chi connectivity index (χ4n) is 0.481. The Morgan fingerprint density at radius 3 is 2.00 bits per heavy atom. The average molecular weight is 166 g/mol. The average Bonchev–Trinajstić information content (AvgIpc) is 1.90. The molecule has 0 N–H and O–H groups in total. The minimum atomic E-state index is 0. The van der Waals surface area contributed by atoms with E-state index < -0.39 is 0 Å². The van der Waals surface area contributed by atoms with Gasteiger partial charge < -0.3 is 0 Å². The molecule has 0 aliphatic rings. The van der Waals surface area contributed by atoms with E-state index in [2.05, 4.69) is 11.7 Å². The predicted molar refractivity (Wildman–Crippen MR) is 48.4 cm³/mol. The van der Waals surface area contributed by atoms with Crippen LogP contribution in [0.5, 0.6) is 0 Å². The molecule has 3 heteroatoms. The molecule has 1 aromatic carbocycles. The normalized spacial score (nSPS) is 8.11. The molecule has 0 radical (unpaired) electrons. The van der Waals surface area contributed by atoms with Gasteiger partial charge in [0.25, 0.3) is 0 Å². The Bertz CT molecular complexity index is 152. The third-order valence-corrected chi connectivity index (χ3v) is 1.96. The van der Waals surface area contributed by atoms with Crippen molar-refractivity contribution < 1.29 is 0 Å². The van der Waals surface area contributed by atoms with Gasteiger partial charge in [-0.25, -0.2) is 0 Å². The van der Waals surface area contributed by atoms with Gasteiger partial charge in [-0.05, 0) is 12.1 Å². The van der Waals surface area contributed by atoms with E-state index in [1.807, 2.05) is 30.3 Å². The molecule has 0 aromatic heterocycles. The van der Waals surface area contributed by atoms with Gasteiger partial charge in [0.1, 0.15) is 0 Å². The summed E-state index contributed by atoms with van der Waals surface area (Å²) in [5, 5.41) is 0. The quantitative estimate of drug-likeness (QED) is 0.378. The van der Waals surface area contributed by atoms with Crippen molar-refractivity contribution in [1.29, 1.82) is 0 Å². The van der Waals surface area contributed by atoms with Crippen molar-refractivity contribution in [3.05, 3.63) is 30.3 Å². The van der Waals surface area contributed by atoms with Crippen LogP contribution in [0.2, 0.25) is 0 Å². The van der Waals surface area contributed by atoms with Crippen molar-refractivity contribution in [2.45, 2.75) is 4.90 Å². The maximum atomic E-state index is 4.03. The summed E-state index contributed by atoms with van der Waals surface area (Å²) in [5.41, 5.74) is 0. The Morgan fingerprint density at radius 2 is 1.67 bits per heavy atom. The molecule has 9 heavy (non-hydrogen) atoms. The first-order valence-corrected chi connectivity index (χ1v) is 4.17. The summed E-state index contributed by atoms with van der Waals surface area (Å²) in [6.45, 7) is 0. The first kappa shape index (κ1) is 9.92. The van der Waals surface area contributed by atoms with E-state index in [4.69, 9.17) is 0 Å². The van der Waals surface area contributed by atoms with Crippen LogP contribution < -0.4 is 0 Å². The van der Waals surface area contributed by atoms with Crippen LogP contribution in [0.25, 0.3) is 0 Å². The zero-order valence-corrected chi connectivity index (χ0v) is 5.95.